The van der Waals surface area contributed by atoms with E-state index in [9.17, 15) is 13.2 Å². The molecule has 0 atom stereocenters. The second-order valence-electron chi connectivity index (χ2n) is 1.94. The van der Waals surface area contributed by atoms with E-state index in [0.29, 0.717) is 0 Å². The first-order valence-electron chi connectivity index (χ1n) is 2.96. The van der Waals surface area contributed by atoms with Gasteiger partial charge in [0.15, 0.2) is 0 Å². The lowest BCUT2D eigenvalue weighted by Crippen LogP contribution is -2.10. The SMILES string of the molecule is C/C=C\C(=C(/C)Cl)C(F)(F)F. The minimum Gasteiger partial charge on any atom is -0.166 e. The highest BCUT2D eigenvalue weighted by Gasteiger charge is 2.32. The Kier molecular flexibility index (Phi) is 3.66. The number of allylic oxidation sites excluding steroid dienone is 4. The van der Waals surface area contributed by atoms with Gasteiger partial charge in [-0.2, -0.15) is 13.2 Å². The van der Waals surface area contributed by atoms with Crippen LogP contribution in [-0.2, 0) is 0 Å². The zero-order valence-corrected chi connectivity index (χ0v) is 6.92. The molecule has 0 amide bonds. The zero-order valence-electron chi connectivity index (χ0n) is 6.17. The Morgan fingerprint density at radius 2 is 1.82 bits per heavy atom. The third kappa shape index (κ3) is 3.46. The lowest BCUT2D eigenvalue weighted by molar-refractivity contribution is -0.0885. The number of rotatable bonds is 1. The molecule has 0 bridgehead atoms. The Morgan fingerprint density at radius 3 is 1.91 bits per heavy atom. The van der Waals surface area contributed by atoms with Crippen LogP contribution in [0.25, 0.3) is 0 Å². The molecule has 0 rings (SSSR count). The Hall–Kier alpha value is -0.440. The van der Waals surface area contributed by atoms with Gasteiger partial charge in [0.1, 0.15) is 0 Å². The molecule has 0 nitrogen and oxygen atoms in total. The fourth-order valence-corrected chi connectivity index (χ4v) is 0.741. The van der Waals surface area contributed by atoms with Crippen LogP contribution in [0.1, 0.15) is 13.8 Å². The lowest BCUT2D eigenvalue weighted by atomic mass is 10.2. The molecule has 64 valence electrons. The standard InChI is InChI=1S/C7H8ClF3/c1-3-4-6(5(2)8)7(9,10)11/h3-4H,1-2H3/b4-3-,6-5-. The van der Waals surface area contributed by atoms with Crippen LogP contribution >= 0.6 is 11.6 Å². The smallest absolute Gasteiger partial charge is 0.166 e. The largest absolute Gasteiger partial charge is 0.417 e. The van der Waals surface area contributed by atoms with E-state index in [-0.39, 0.29) is 5.03 Å². The average Bonchev–Trinajstić information content (AvgIpc) is 1.79. The van der Waals surface area contributed by atoms with Crippen molar-refractivity contribution in [2.75, 3.05) is 0 Å². The summed E-state index contributed by atoms with van der Waals surface area (Å²) in [5.74, 6) is 0. The Balaban J connectivity index is 4.79. The molecule has 0 unspecified atom stereocenters. The van der Waals surface area contributed by atoms with Gasteiger partial charge in [0, 0.05) is 5.03 Å². The van der Waals surface area contributed by atoms with Crippen molar-refractivity contribution in [1.82, 2.24) is 0 Å². The molecule has 0 N–H and O–H groups in total. The molecule has 4 heteroatoms. The van der Waals surface area contributed by atoms with Gasteiger partial charge in [0.2, 0.25) is 0 Å². The van der Waals surface area contributed by atoms with Crippen molar-refractivity contribution in [2.45, 2.75) is 20.0 Å². The van der Waals surface area contributed by atoms with Crippen molar-refractivity contribution in [1.29, 1.82) is 0 Å². The maximum Gasteiger partial charge on any atom is 0.417 e. The topological polar surface area (TPSA) is 0 Å². The monoisotopic (exact) mass is 184 g/mol. The molecule has 0 aliphatic carbocycles. The van der Waals surface area contributed by atoms with Crippen LogP contribution in [0, 0.1) is 0 Å². The predicted octanol–water partition coefficient (Wildman–Crippen LogP) is 3.64. The summed E-state index contributed by atoms with van der Waals surface area (Å²) in [7, 11) is 0. The minimum absolute atomic E-state index is 0.240. The van der Waals surface area contributed by atoms with Gasteiger partial charge in [-0.05, 0) is 13.8 Å². The Bertz CT molecular complexity index is 184. The molecule has 0 radical (unpaired) electrons. The van der Waals surface area contributed by atoms with Crippen LogP contribution in [0.15, 0.2) is 22.8 Å². The van der Waals surface area contributed by atoms with Crippen molar-refractivity contribution >= 4 is 11.6 Å². The van der Waals surface area contributed by atoms with Crippen molar-refractivity contribution in [3.05, 3.63) is 22.8 Å². The van der Waals surface area contributed by atoms with Crippen LogP contribution in [-0.4, -0.2) is 6.18 Å². The first kappa shape index (κ1) is 10.6. The number of hydrogen-bond acceptors (Lipinski definition) is 0. The number of halogens is 4. The fraction of sp³-hybridized carbons (Fsp3) is 0.429. The lowest BCUT2D eigenvalue weighted by Gasteiger charge is -2.07. The second kappa shape index (κ2) is 3.81. The highest BCUT2D eigenvalue weighted by Crippen LogP contribution is 2.30. The summed E-state index contributed by atoms with van der Waals surface area (Å²) < 4.78 is 35.9. The van der Waals surface area contributed by atoms with Gasteiger partial charge in [0.25, 0.3) is 0 Å². The summed E-state index contributed by atoms with van der Waals surface area (Å²) in [5.41, 5.74) is -0.790. The van der Waals surface area contributed by atoms with E-state index in [0.717, 1.165) is 6.08 Å². The van der Waals surface area contributed by atoms with Crippen LogP contribution in [0.4, 0.5) is 13.2 Å². The second-order valence-corrected chi connectivity index (χ2v) is 2.51. The molecule has 0 aromatic rings. The summed E-state index contributed by atoms with van der Waals surface area (Å²) >= 11 is 5.22. The van der Waals surface area contributed by atoms with Crippen LogP contribution in [0.3, 0.4) is 0 Å². The summed E-state index contributed by atoms with van der Waals surface area (Å²) in [6.45, 7) is 2.72. The van der Waals surface area contributed by atoms with Crippen molar-refractivity contribution < 1.29 is 13.2 Å². The van der Waals surface area contributed by atoms with E-state index in [1.165, 1.54) is 19.9 Å². The average molecular weight is 185 g/mol. The van der Waals surface area contributed by atoms with E-state index in [4.69, 9.17) is 11.6 Å². The molecule has 11 heavy (non-hydrogen) atoms. The molecule has 0 heterocycles. The summed E-state index contributed by atoms with van der Waals surface area (Å²) in [6.07, 6.45) is -2.10. The van der Waals surface area contributed by atoms with E-state index in [1.54, 1.807) is 0 Å². The van der Waals surface area contributed by atoms with Gasteiger partial charge in [-0.25, -0.2) is 0 Å². The van der Waals surface area contributed by atoms with Gasteiger partial charge >= 0.3 is 6.18 Å². The fourth-order valence-electron chi connectivity index (χ4n) is 0.571. The first-order chi connectivity index (χ1) is 4.89. The van der Waals surface area contributed by atoms with Crippen molar-refractivity contribution in [2.24, 2.45) is 0 Å². The van der Waals surface area contributed by atoms with Gasteiger partial charge in [0.05, 0.1) is 5.57 Å². The summed E-state index contributed by atoms with van der Waals surface area (Å²) in [5, 5.41) is -0.240. The normalized spacial score (nSPS) is 15.5. The molecule has 0 aromatic carbocycles. The minimum atomic E-state index is -4.35. The van der Waals surface area contributed by atoms with Gasteiger partial charge in [-0.15, -0.1) is 0 Å². The third-order valence-corrected chi connectivity index (χ3v) is 1.21. The molecule has 0 aromatic heterocycles. The van der Waals surface area contributed by atoms with Crippen molar-refractivity contribution in [3.63, 3.8) is 0 Å². The first-order valence-corrected chi connectivity index (χ1v) is 3.33. The third-order valence-electron chi connectivity index (χ3n) is 1.01. The molecule has 0 aliphatic rings. The highest BCUT2D eigenvalue weighted by atomic mass is 35.5. The van der Waals surface area contributed by atoms with E-state index >= 15 is 0 Å². The zero-order chi connectivity index (χ0) is 9.07. The molecular weight excluding hydrogens is 177 g/mol. The van der Waals surface area contributed by atoms with Crippen molar-refractivity contribution in [3.8, 4) is 0 Å². The predicted molar refractivity (Wildman–Crippen MR) is 39.4 cm³/mol. The molecule has 0 spiro atoms. The molecule has 0 saturated heterocycles. The van der Waals surface area contributed by atoms with Gasteiger partial charge in [-0.1, -0.05) is 23.8 Å². The quantitative estimate of drug-likeness (QED) is 0.546. The van der Waals surface area contributed by atoms with Crippen LogP contribution in [0.5, 0.6) is 0 Å². The van der Waals surface area contributed by atoms with E-state index in [2.05, 4.69) is 0 Å². The molecule has 0 aliphatic heterocycles. The maximum atomic E-state index is 12.0. The van der Waals surface area contributed by atoms with E-state index < -0.39 is 11.7 Å². The Labute approximate surface area is 68.3 Å². The molecular formula is C7H8ClF3. The van der Waals surface area contributed by atoms with Crippen LogP contribution < -0.4 is 0 Å². The van der Waals surface area contributed by atoms with E-state index in [1.807, 2.05) is 0 Å². The summed E-state index contributed by atoms with van der Waals surface area (Å²) in [4.78, 5) is 0. The Morgan fingerprint density at radius 1 is 1.36 bits per heavy atom. The molecule has 0 saturated carbocycles. The van der Waals surface area contributed by atoms with Crippen LogP contribution in [0.2, 0.25) is 0 Å². The summed E-state index contributed by atoms with van der Waals surface area (Å²) in [6, 6.07) is 0. The molecule has 0 fully saturated rings. The highest BCUT2D eigenvalue weighted by molar-refractivity contribution is 6.29. The number of hydrogen-bond donors (Lipinski definition) is 0. The van der Waals surface area contributed by atoms with Gasteiger partial charge < -0.3 is 0 Å². The number of alkyl halides is 3. The maximum absolute atomic E-state index is 12.0. The van der Waals surface area contributed by atoms with Gasteiger partial charge in [-0.3, -0.25) is 0 Å².